The maximum Gasteiger partial charge on any atom is 0.0670 e. The van der Waals surface area contributed by atoms with E-state index in [-0.39, 0.29) is 0 Å². The van der Waals surface area contributed by atoms with E-state index in [1.165, 1.54) is 37.1 Å². The molecule has 1 aromatic rings. The van der Waals surface area contributed by atoms with Crippen LogP contribution in [0.5, 0.6) is 0 Å². The summed E-state index contributed by atoms with van der Waals surface area (Å²) in [5, 5.41) is 3.77. The fourth-order valence-electron chi connectivity index (χ4n) is 4.15. The minimum absolute atomic E-state index is 0.399. The molecule has 0 saturated heterocycles. The molecule has 2 aliphatic carbocycles. The molecule has 2 saturated carbocycles. The summed E-state index contributed by atoms with van der Waals surface area (Å²) in [5.74, 6) is 0. The van der Waals surface area contributed by atoms with Gasteiger partial charge in [-0.3, -0.25) is 0 Å². The van der Waals surface area contributed by atoms with Crippen LogP contribution in [0.25, 0.3) is 0 Å². The van der Waals surface area contributed by atoms with Gasteiger partial charge in [0.25, 0.3) is 0 Å². The molecule has 0 amide bonds. The molecule has 3 nitrogen and oxygen atoms in total. The lowest BCUT2D eigenvalue weighted by Crippen LogP contribution is -2.60. The first-order chi connectivity index (χ1) is 10.2. The number of ether oxygens (including phenoxy) is 1. The number of benzene rings is 1. The minimum atomic E-state index is 0.399. The third kappa shape index (κ3) is 2.64. The monoisotopic (exact) mass is 288 g/mol. The lowest BCUT2D eigenvalue weighted by atomic mass is 9.60. The van der Waals surface area contributed by atoms with E-state index in [4.69, 9.17) is 4.74 Å². The molecule has 2 fully saturated rings. The van der Waals surface area contributed by atoms with Crippen molar-refractivity contribution >= 4 is 11.4 Å². The van der Waals surface area contributed by atoms with Crippen LogP contribution in [0, 0.1) is 5.41 Å². The summed E-state index contributed by atoms with van der Waals surface area (Å²) in [4.78, 5) is 2.14. The zero-order valence-corrected chi connectivity index (χ0v) is 13.6. The van der Waals surface area contributed by atoms with Crippen LogP contribution in [-0.4, -0.2) is 32.8 Å². The van der Waals surface area contributed by atoms with Crippen LogP contribution >= 0.6 is 0 Å². The van der Waals surface area contributed by atoms with Gasteiger partial charge >= 0.3 is 0 Å². The van der Waals surface area contributed by atoms with Crippen molar-refractivity contribution in [2.45, 2.75) is 51.2 Å². The number of nitrogens with one attached hydrogen (secondary N) is 1. The summed E-state index contributed by atoms with van der Waals surface area (Å²) in [6, 6.07) is 9.35. The Morgan fingerprint density at radius 3 is 2.43 bits per heavy atom. The topological polar surface area (TPSA) is 24.5 Å². The molecule has 0 bridgehead atoms. The van der Waals surface area contributed by atoms with E-state index in [0.29, 0.717) is 17.6 Å². The van der Waals surface area contributed by atoms with Crippen molar-refractivity contribution in [3.63, 3.8) is 0 Å². The highest BCUT2D eigenvalue weighted by molar-refractivity contribution is 5.55. The maximum atomic E-state index is 5.99. The largest absolute Gasteiger partial charge is 0.382 e. The molecular weight excluding hydrogens is 260 g/mol. The lowest BCUT2D eigenvalue weighted by molar-refractivity contribution is -0.114. The molecular formula is C18H28N2O. The highest BCUT2D eigenvalue weighted by Crippen LogP contribution is 2.55. The molecule has 1 aromatic carbocycles. The standard InChI is InChI=1S/C18H28N2O/c1-4-21-17-13-16(18(17)11-5-6-12-18)19-14-7-9-15(10-8-14)20(2)3/h7-10,16-17,19H,4-6,11-13H2,1-3H3. The Hall–Kier alpha value is -1.22. The Labute approximate surface area is 128 Å². The van der Waals surface area contributed by atoms with Gasteiger partial charge in [0.05, 0.1) is 6.10 Å². The van der Waals surface area contributed by atoms with E-state index < -0.39 is 0 Å². The molecule has 1 N–H and O–H groups in total. The number of rotatable bonds is 5. The first-order valence-corrected chi connectivity index (χ1v) is 8.31. The quantitative estimate of drug-likeness (QED) is 0.889. The van der Waals surface area contributed by atoms with E-state index in [0.717, 1.165) is 13.0 Å². The van der Waals surface area contributed by atoms with Gasteiger partial charge in [0.15, 0.2) is 0 Å². The molecule has 116 valence electrons. The molecule has 0 aromatic heterocycles. The van der Waals surface area contributed by atoms with Crippen molar-refractivity contribution in [3.05, 3.63) is 24.3 Å². The van der Waals surface area contributed by atoms with E-state index in [1.54, 1.807) is 0 Å². The van der Waals surface area contributed by atoms with Crippen LogP contribution in [0.1, 0.15) is 39.0 Å². The number of anilines is 2. The molecule has 21 heavy (non-hydrogen) atoms. The number of nitrogens with zero attached hydrogens (tertiary/aromatic N) is 1. The van der Waals surface area contributed by atoms with Crippen molar-refractivity contribution in [1.82, 2.24) is 0 Å². The Morgan fingerprint density at radius 2 is 1.86 bits per heavy atom. The Bertz CT molecular complexity index is 463. The molecule has 0 heterocycles. The van der Waals surface area contributed by atoms with Gasteiger partial charge in [0, 0.05) is 43.5 Å². The van der Waals surface area contributed by atoms with Crippen LogP contribution in [0.4, 0.5) is 11.4 Å². The summed E-state index contributed by atoms with van der Waals surface area (Å²) < 4.78 is 5.99. The molecule has 2 unspecified atom stereocenters. The number of hydrogen-bond acceptors (Lipinski definition) is 3. The van der Waals surface area contributed by atoms with Crippen LogP contribution in [-0.2, 0) is 4.74 Å². The van der Waals surface area contributed by atoms with E-state index >= 15 is 0 Å². The first-order valence-electron chi connectivity index (χ1n) is 8.31. The van der Waals surface area contributed by atoms with Crippen LogP contribution in [0.3, 0.4) is 0 Å². The van der Waals surface area contributed by atoms with Gasteiger partial charge in [0.2, 0.25) is 0 Å². The SMILES string of the molecule is CCOC1CC(Nc2ccc(N(C)C)cc2)C12CCCC2. The third-order valence-corrected chi connectivity index (χ3v) is 5.41. The molecule has 3 rings (SSSR count). The van der Waals surface area contributed by atoms with Crippen LogP contribution < -0.4 is 10.2 Å². The van der Waals surface area contributed by atoms with Gasteiger partial charge in [-0.25, -0.2) is 0 Å². The van der Waals surface area contributed by atoms with Gasteiger partial charge in [-0.15, -0.1) is 0 Å². The average molecular weight is 288 g/mol. The lowest BCUT2D eigenvalue weighted by Gasteiger charge is -2.54. The van der Waals surface area contributed by atoms with Gasteiger partial charge in [0.1, 0.15) is 0 Å². The summed E-state index contributed by atoms with van der Waals surface area (Å²) in [5.41, 5.74) is 2.89. The van der Waals surface area contributed by atoms with E-state index in [2.05, 4.69) is 55.5 Å². The smallest absolute Gasteiger partial charge is 0.0670 e. The zero-order valence-electron chi connectivity index (χ0n) is 13.6. The van der Waals surface area contributed by atoms with Crippen molar-refractivity contribution < 1.29 is 4.74 Å². The Kier molecular flexibility index (Phi) is 4.12. The average Bonchev–Trinajstić information content (AvgIpc) is 2.99. The first kappa shape index (κ1) is 14.7. The van der Waals surface area contributed by atoms with Gasteiger partial charge in [-0.2, -0.15) is 0 Å². The van der Waals surface area contributed by atoms with Crippen molar-refractivity contribution in [3.8, 4) is 0 Å². The molecule has 0 radical (unpaired) electrons. The minimum Gasteiger partial charge on any atom is -0.382 e. The second-order valence-corrected chi connectivity index (χ2v) is 6.76. The summed E-state index contributed by atoms with van der Waals surface area (Å²) in [6.07, 6.45) is 7.01. The molecule has 3 heteroatoms. The summed E-state index contributed by atoms with van der Waals surface area (Å²) in [6.45, 7) is 2.96. The van der Waals surface area contributed by atoms with Crippen LogP contribution in [0.15, 0.2) is 24.3 Å². The van der Waals surface area contributed by atoms with Crippen molar-refractivity contribution in [2.24, 2.45) is 5.41 Å². The number of hydrogen-bond donors (Lipinski definition) is 1. The van der Waals surface area contributed by atoms with E-state index in [9.17, 15) is 0 Å². The molecule has 0 aliphatic heterocycles. The maximum absolute atomic E-state index is 5.99. The molecule has 1 spiro atoms. The van der Waals surface area contributed by atoms with Gasteiger partial charge in [-0.1, -0.05) is 12.8 Å². The summed E-state index contributed by atoms with van der Waals surface area (Å²) in [7, 11) is 4.16. The fraction of sp³-hybridized carbons (Fsp3) is 0.667. The van der Waals surface area contributed by atoms with Gasteiger partial charge < -0.3 is 15.0 Å². The molecule has 2 aliphatic rings. The predicted molar refractivity (Wildman–Crippen MR) is 89.1 cm³/mol. The van der Waals surface area contributed by atoms with Crippen molar-refractivity contribution in [1.29, 1.82) is 0 Å². The fourth-order valence-corrected chi connectivity index (χ4v) is 4.15. The third-order valence-electron chi connectivity index (χ3n) is 5.41. The zero-order chi connectivity index (χ0) is 14.9. The normalized spacial score (nSPS) is 26.6. The second kappa shape index (κ2) is 5.88. The molecule has 2 atom stereocenters. The summed E-state index contributed by atoms with van der Waals surface area (Å²) >= 11 is 0. The second-order valence-electron chi connectivity index (χ2n) is 6.76. The van der Waals surface area contributed by atoms with E-state index in [1.807, 2.05) is 0 Å². The Morgan fingerprint density at radius 1 is 1.19 bits per heavy atom. The van der Waals surface area contributed by atoms with Crippen LogP contribution in [0.2, 0.25) is 0 Å². The van der Waals surface area contributed by atoms with Crippen molar-refractivity contribution in [2.75, 3.05) is 30.9 Å². The highest BCUT2D eigenvalue weighted by Gasteiger charge is 2.56. The highest BCUT2D eigenvalue weighted by atomic mass is 16.5. The Balaban J connectivity index is 1.67. The predicted octanol–water partition coefficient (Wildman–Crippen LogP) is 3.90. The van der Waals surface area contributed by atoms with Gasteiger partial charge in [-0.05, 0) is 50.5 Å².